The first-order valence-electron chi connectivity index (χ1n) is 13.3. The predicted molar refractivity (Wildman–Crippen MR) is 144 cm³/mol. The molecule has 6 nitrogen and oxygen atoms in total. The summed E-state index contributed by atoms with van der Waals surface area (Å²) in [5.74, 6) is 0.580. The molecule has 1 atom stereocenters. The molecule has 1 fully saturated rings. The van der Waals surface area contributed by atoms with E-state index in [1.54, 1.807) is 18.3 Å². The highest BCUT2D eigenvalue weighted by molar-refractivity contribution is 5.73. The lowest BCUT2D eigenvalue weighted by atomic mass is 9.92. The molecule has 1 aromatic heterocycles. The Morgan fingerprint density at radius 2 is 1.78 bits per heavy atom. The third-order valence-corrected chi connectivity index (χ3v) is 6.66. The van der Waals surface area contributed by atoms with Crippen molar-refractivity contribution in [1.82, 2.24) is 20.5 Å². The Kier molecular flexibility index (Phi) is 10.3. The van der Waals surface area contributed by atoms with Gasteiger partial charge in [0, 0.05) is 37.4 Å². The number of rotatable bonds is 12. The average molecular weight is 505 g/mol. The second kappa shape index (κ2) is 14.3. The van der Waals surface area contributed by atoms with E-state index in [9.17, 15) is 9.18 Å². The first-order chi connectivity index (χ1) is 18.2. The Morgan fingerprint density at radius 1 is 0.973 bits per heavy atom. The molecule has 2 amide bonds. The van der Waals surface area contributed by atoms with E-state index in [0.29, 0.717) is 26.1 Å². The largest absolute Gasteiger partial charge is 0.494 e. The Labute approximate surface area is 219 Å². The van der Waals surface area contributed by atoms with Crippen molar-refractivity contribution in [1.29, 1.82) is 0 Å². The molecule has 3 aromatic rings. The molecule has 1 aliphatic heterocycles. The van der Waals surface area contributed by atoms with E-state index in [4.69, 9.17) is 4.74 Å². The normalized spacial score (nSPS) is 14.6. The van der Waals surface area contributed by atoms with E-state index < -0.39 is 0 Å². The van der Waals surface area contributed by atoms with Gasteiger partial charge in [0.15, 0.2) is 0 Å². The maximum absolute atomic E-state index is 13.4. The van der Waals surface area contributed by atoms with Crippen LogP contribution in [0.3, 0.4) is 0 Å². The van der Waals surface area contributed by atoms with Gasteiger partial charge in [0.25, 0.3) is 0 Å². The van der Waals surface area contributed by atoms with Crippen molar-refractivity contribution in [2.75, 3.05) is 32.8 Å². The van der Waals surface area contributed by atoms with Crippen LogP contribution in [-0.4, -0.2) is 48.7 Å². The second-order valence-corrected chi connectivity index (χ2v) is 9.52. The first-order valence-corrected chi connectivity index (χ1v) is 13.3. The van der Waals surface area contributed by atoms with E-state index in [2.05, 4.69) is 32.7 Å². The standard InChI is InChI=1S/C30H37FN4O2/c31-26-13-11-25(12-14-26)28(29-10-2-3-16-32-29)15-18-34-30(36)33-17-7-21-37-27-9-6-8-24(22-27)23-35-19-4-1-5-20-35/h2-3,6,8-14,16,22,28H,1,4-5,7,15,17-21,23H2,(H2,33,34,36). The topological polar surface area (TPSA) is 66.5 Å². The van der Waals surface area contributed by atoms with Gasteiger partial charge in [-0.15, -0.1) is 0 Å². The van der Waals surface area contributed by atoms with Crippen molar-refractivity contribution >= 4 is 6.03 Å². The number of halogens is 1. The zero-order chi connectivity index (χ0) is 25.7. The molecule has 2 heterocycles. The summed E-state index contributed by atoms with van der Waals surface area (Å²) in [5, 5.41) is 5.81. The number of piperidine rings is 1. The molecule has 0 aliphatic carbocycles. The van der Waals surface area contributed by atoms with Crippen molar-refractivity contribution < 1.29 is 13.9 Å². The third kappa shape index (κ3) is 8.86. The number of ether oxygens (including phenoxy) is 1. The maximum Gasteiger partial charge on any atom is 0.314 e. The van der Waals surface area contributed by atoms with E-state index >= 15 is 0 Å². The van der Waals surface area contributed by atoms with Gasteiger partial charge in [-0.25, -0.2) is 9.18 Å². The van der Waals surface area contributed by atoms with Crippen LogP contribution in [0.2, 0.25) is 0 Å². The van der Waals surface area contributed by atoms with Gasteiger partial charge in [0.1, 0.15) is 11.6 Å². The summed E-state index contributed by atoms with van der Waals surface area (Å²) >= 11 is 0. The van der Waals surface area contributed by atoms with Gasteiger partial charge >= 0.3 is 6.03 Å². The van der Waals surface area contributed by atoms with Crippen LogP contribution in [0.1, 0.15) is 54.8 Å². The molecule has 2 N–H and O–H groups in total. The molecule has 1 aliphatic rings. The van der Waals surface area contributed by atoms with Crippen LogP contribution >= 0.6 is 0 Å². The summed E-state index contributed by atoms with van der Waals surface area (Å²) in [7, 11) is 0. The third-order valence-electron chi connectivity index (χ3n) is 6.66. The molecule has 4 rings (SSSR count). The molecule has 0 spiro atoms. The van der Waals surface area contributed by atoms with Crippen LogP contribution in [0.4, 0.5) is 9.18 Å². The van der Waals surface area contributed by atoms with Crippen LogP contribution in [0, 0.1) is 5.82 Å². The summed E-state index contributed by atoms with van der Waals surface area (Å²) < 4.78 is 19.3. The highest BCUT2D eigenvalue weighted by Gasteiger charge is 2.16. The molecule has 1 saturated heterocycles. The van der Waals surface area contributed by atoms with Crippen LogP contribution in [0.25, 0.3) is 0 Å². The Morgan fingerprint density at radius 3 is 2.57 bits per heavy atom. The number of urea groups is 1. The number of pyridine rings is 1. The number of aromatic nitrogens is 1. The summed E-state index contributed by atoms with van der Waals surface area (Å²) in [5.41, 5.74) is 3.15. The van der Waals surface area contributed by atoms with Crippen molar-refractivity contribution in [2.24, 2.45) is 0 Å². The fourth-order valence-electron chi connectivity index (χ4n) is 4.73. The van der Waals surface area contributed by atoms with Crippen LogP contribution in [-0.2, 0) is 6.54 Å². The van der Waals surface area contributed by atoms with E-state index in [1.165, 1.54) is 50.0 Å². The zero-order valence-electron chi connectivity index (χ0n) is 21.4. The highest BCUT2D eigenvalue weighted by Crippen LogP contribution is 2.26. The summed E-state index contributed by atoms with van der Waals surface area (Å²) in [6, 6.07) is 20.3. The monoisotopic (exact) mass is 504 g/mol. The average Bonchev–Trinajstić information content (AvgIpc) is 2.93. The lowest BCUT2D eigenvalue weighted by Gasteiger charge is -2.26. The number of amides is 2. The van der Waals surface area contributed by atoms with Gasteiger partial charge in [0.2, 0.25) is 0 Å². The van der Waals surface area contributed by atoms with Gasteiger partial charge in [0.05, 0.1) is 6.61 Å². The molecule has 37 heavy (non-hydrogen) atoms. The molecule has 0 saturated carbocycles. The second-order valence-electron chi connectivity index (χ2n) is 9.52. The van der Waals surface area contributed by atoms with Crippen LogP contribution in [0.15, 0.2) is 72.9 Å². The van der Waals surface area contributed by atoms with Crippen molar-refractivity contribution in [3.63, 3.8) is 0 Å². The van der Waals surface area contributed by atoms with E-state index in [-0.39, 0.29) is 17.8 Å². The minimum absolute atomic E-state index is 0.0267. The van der Waals surface area contributed by atoms with Crippen molar-refractivity contribution in [3.05, 3.63) is 95.6 Å². The minimum atomic E-state index is -0.268. The van der Waals surface area contributed by atoms with Crippen LogP contribution < -0.4 is 15.4 Å². The Hall–Kier alpha value is -3.45. The van der Waals surface area contributed by atoms with Gasteiger partial charge in [-0.1, -0.05) is 36.8 Å². The minimum Gasteiger partial charge on any atom is -0.494 e. The molecule has 0 radical (unpaired) electrons. The maximum atomic E-state index is 13.4. The summed E-state index contributed by atoms with van der Waals surface area (Å²) in [4.78, 5) is 19.2. The lowest BCUT2D eigenvalue weighted by molar-refractivity contribution is 0.220. The quantitative estimate of drug-likeness (QED) is 0.320. The SMILES string of the molecule is O=C(NCCCOc1cccc(CN2CCCCC2)c1)NCCC(c1ccc(F)cc1)c1ccccn1. The number of hydrogen-bond acceptors (Lipinski definition) is 4. The lowest BCUT2D eigenvalue weighted by Crippen LogP contribution is -2.37. The van der Waals surface area contributed by atoms with Gasteiger partial charge in [-0.3, -0.25) is 9.88 Å². The molecule has 7 heteroatoms. The fourth-order valence-corrected chi connectivity index (χ4v) is 4.73. The Bertz CT molecular complexity index is 1090. The molecule has 2 aromatic carbocycles. The van der Waals surface area contributed by atoms with E-state index in [1.807, 2.05) is 30.3 Å². The number of nitrogens with one attached hydrogen (secondary N) is 2. The van der Waals surface area contributed by atoms with Gasteiger partial charge in [-0.05, 0) is 86.3 Å². The number of nitrogens with zero attached hydrogens (tertiary/aromatic N) is 2. The molecular formula is C30H37FN4O2. The number of hydrogen-bond donors (Lipinski definition) is 2. The van der Waals surface area contributed by atoms with Crippen molar-refractivity contribution in [2.45, 2.75) is 44.6 Å². The Balaban J connectivity index is 1.14. The smallest absolute Gasteiger partial charge is 0.314 e. The highest BCUT2D eigenvalue weighted by atomic mass is 19.1. The van der Waals surface area contributed by atoms with E-state index in [0.717, 1.165) is 30.0 Å². The predicted octanol–water partition coefficient (Wildman–Crippen LogP) is 5.50. The summed E-state index contributed by atoms with van der Waals surface area (Å²) in [6.07, 6.45) is 7.04. The molecular weight excluding hydrogens is 467 g/mol. The molecule has 0 bridgehead atoms. The zero-order valence-corrected chi connectivity index (χ0v) is 21.4. The first kappa shape index (κ1) is 26.6. The molecule has 1 unspecified atom stereocenters. The fraction of sp³-hybridized carbons (Fsp3) is 0.400. The number of likely N-dealkylation sites (tertiary alicyclic amines) is 1. The molecule has 196 valence electrons. The van der Waals surface area contributed by atoms with Gasteiger partial charge < -0.3 is 15.4 Å². The van der Waals surface area contributed by atoms with Crippen LogP contribution in [0.5, 0.6) is 5.75 Å². The number of carbonyl (C=O) groups excluding carboxylic acids is 1. The number of carbonyl (C=O) groups is 1. The summed E-state index contributed by atoms with van der Waals surface area (Å²) in [6.45, 7) is 4.87. The number of benzene rings is 2. The van der Waals surface area contributed by atoms with Crippen molar-refractivity contribution in [3.8, 4) is 5.75 Å². The van der Waals surface area contributed by atoms with Gasteiger partial charge in [-0.2, -0.15) is 0 Å².